The van der Waals surface area contributed by atoms with E-state index in [1.54, 1.807) is 0 Å². The van der Waals surface area contributed by atoms with Gasteiger partial charge in [-0.15, -0.1) is 12.4 Å². The van der Waals surface area contributed by atoms with Crippen LogP contribution in [0.4, 0.5) is 8.78 Å². The van der Waals surface area contributed by atoms with Gasteiger partial charge in [0.25, 0.3) is 0 Å². The molecule has 1 amide bonds. The number of benzene rings is 1. The van der Waals surface area contributed by atoms with E-state index >= 15 is 0 Å². The van der Waals surface area contributed by atoms with Crippen molar-refractivity contribution >= 4 is 18.3 Å². The molecule has 1 atom stereocenters. The van der Waals surface area contributed by atoms with Gasteiger partial charge in [-0.2, -0.15) is 0 Å². The molecule has 3 N–H and O–H groups in total. The van der Waals surface area contributed by atoms with Crippen LogP contribution in [-0.4, -0.2) is 18.5 Å². The quantitative estimate of drug-likeness (QED) is 0.871. The van der Waals surface area contributed by atoms with Crippen molar-refractivity contribution in [2.75, 3.05) is 6.54 Å². The van der Waals surface area contributed by atoms with E-state index < -0.39 is 11.6 Å². The molecule has 0 saturated heterocycles. The highest BCUT2D eigenvalue weighted by atomic mass is 35.5. The lowest BCUT2D eigenvalue weighted by atomic mass is 9.84. The van der Waals surface area contributed by atoms with Gasteiger partial charge in [0.1, 0.15) is 11.6 Å². The number of hydrogen-bond donors (Lipinski definition) is 2. The van der Waals surface area contributed by atoms with Crippen molar-refractivity contribution in [3.8, 4) is 0 Å². The highest BCUT2D eigenvalue weighted by molar-refractivity contribution is 5.85. The van der Waals surface area contributed by atoms with Gasteiger partial charge in [0.15, 0.2) is 0 Å². The van der Waals surface area contributed by atoms with Crippen LogP contribution >= 0.6 is 12.4 Å². The molecule has 1 saturated carbocycles. The molecule has 2 rings (SSSR count). The SMILES string of the molecule is Cl.NCC(NC(=O)Cc1ccc(F)cc1F)C1CCCCC1. The number of hydrogen-bond acceptors (Lipinski definition) is 2. The standard InChI is InChI=1S/C16H22F2N2O.ClH/c17-13-7-6-12(14(18)9-13)8-16(21)20-15(10-19)11-4-2-1-3-5-11;/h6-7,9,11,15H,1-5,8,10,19H2,(H,20,21);1H. The Kier molecular flexibility index (Phi) is 7.76. The van der Waals surface area contributed by atoms with E-state index in [-0.39, 0.29) is 36.3 Å². The Hall–Kier alpha value is -1.20. The zero-order chi connectivity index (χ0) is 15.2. The number of nitrogens with two attached hydrogens (primary N) is 1. The Morgan fingerprint density at radius 3 is 2.55 bits per heavy atom. The predicted molar refractivity (Wildman–Crippen MR) is 84.9 cm³/mol. The molecule has 0 radical (unpaired) electrons. The zero-order valence-corrected chi connectivity index (χ0v) is 13.3. The Bertz CT molecular complexity index is 493. The lowest BCUT2D eigenvalue weighted by Crippen LogP contribution is -2.46. The van der Waals surface area contributed by atoms with Crippen molar-refractivity contribution in [3.05, 3.63) is 35.4 Å². The maximum Gasteiger partial charge on any atom is 0.224 e. The second-order valence-corrected chi connectivity index (χ2v) is 5.72. The molecule has 124 valence electrons. The molecule has 1 aliphatic carbocycles. The second-order valence-electron chi connectivity index (χ2n) is 5.72. The zero-order valence-electron chi connectivity index (χ0n) is 12.5. The fourth-order valence-electron chi connectivity index (χ4n) is 3.00. The molecule has 0 aromatic heterocycles. The summed E-state index contributed by atoms with van der Waals surface area (Å²) in [5.74, 6) is -1.18. The third kappa shape index (κ3) is 5.21. The molecule has 3 nitrogen and oxygen atoms in total. The molecule has 22 heavy (non-hydrogen) atoms. The van der Waals surface area contributed by atoms with E-state index in [1.165, 1.54) is 25.3 Å². The number of carbonyl (C=O) groups is 1. The van der Waals surface area contributed by atoms with E-state index in [0.29, 0.717) is 12.5 Å². The van der Waals surface area contributed by atoms with Crippen molar-refractivity contribution < 1.29 is 13.6 Å². The van der Waals surface area contributed by atoms with E-state index in [1.807, 2.05) is 0 Å². The summed E-state index contributed by atoms with van der Waals surface area (Å²) in [5, 5.41) is 2.90. The summed E-state index contributed by atoms with van der Waals surface area (Å²) in [5.41, 5.74) is 5.96. The van der Waals surface area contributed by atoms with Crippen molar-refractivity contribution in [2.24, 2.45) is 11.7 Å². The monoisotopic (exact) mass is 332 g/mol. The third-order valence-corrected chi connectivity index (χ3v) is 4.19. The fraction of sp³-hybridized carbons (Fsp3) is 0.562. The number of carbonyl (C=O) groups excluding carboxylic acids is 1. The van der Waals surface area contributed by atoms with Gasteiger partial charge in [-0.1, -0.05) is 25.3 Å². The van der Waals surface area contributed by atoms with Gasteiger partial charge in [-0.3, -0.25) is 4.79 Å². The average Bonchev–Trinajstić information content (AvgIpc) is 2.48. The summed E-state index contributed by atoms with van der Waals surface area (Å²) < 4.78 is 26.4. The third-order valence-electron chi connectivity index (χ3n) is 4.19. The van der Waals surface area contributed by atoms with Crippen LogP contribution in [0.15, 0.2) is 18.2 Å². The van der Waals surface area contributed by atoms with Crippen LogP contribution in [0.1, 0.15) is 37.7 Å². The summed E-state index contributed by atoms with van der Waals surface area (Å²) >= 11 is 0. The lowest BCUT2D eigenvalue weighted by molar-refractivity contribution is -0.121. The van der Waals surface area contributed by atoms with E-state index in [0.717, 1.165) is 25.0 Å². The molecule has 0 aliphatic heterocycles. The van der Waals surface area contributed by atoms with Crippen molar-refractivity contribution in [2.45, 2.75) is 44.6 Å². The molecule has 1 aliphatic rings. The summed E-state index contributed by atoms with van der Waals surface area (Å²) in [6.45, 7) is 0.391. The first-order chi connectivity index (χ1) is 10.1. The Balaban J connectivity index is 0.00000242. The number of amides is 1. The summed E-state index contributed by atoms with van der Waals surface area (Å²) in [7, 11) is 0. The first kappa shape index (κ1) is 18.8. The molecule has 1 aromatic rings. The van der Waals surface area contributed by atoms with Crippen LogP contribution in [0.3, 0.4) is 0 Å². The van der Waals surface area contributed by atoms with Gasteiger partial charge < -0.3 is 11.1 Å². The summed E-state index contributed by atoms with van der Waals surface area (Å²) in [6, 6.07) is 3.21. The number of nitrogens with one attached hydrogen (secondary N) is 1. The van der Waals surface area contributed by atoms with Crippen LogP contribution in [0, 0.1) is 17.6 Å². The van der Waals surface area contributed by atoms with E-state index in [9.17, 15) is 13.6 Å². The summed E-state index contributed by atoms with van der Waals surface area (Å²) in [6.07, 6.45) is 5.64. The molecule has 1 unspecified atom stereocenters. The smallest absolute Gasteiger partial charge is 0.224 e. The molecular formula is C16H23ClF2N2O. The van der Waals surface area contributed by atoms with Crippen molar-refractivity contribution in [3.63, 3.8) is 0 Å². The maximum atomic E-state index is 13.5. The average molecular weight is 333 g/mol. The minimum Gasteiger partial charge on any atom is -0.352 e. The predicted octanol–water partition coefficient (Wildman–Crippen LogP) is 2.95. The molecule has 1 fully saturated rings. The van der Waals surface area contributed by atoms with Gasteiger partial charge in [-0.25, -0.2) is 8.78 Å². The van der Waals surface area contributed by atoms with E-state index in [2.05, 4.69) is 5.32 Å². The largest absolute Gasteiger partial charge is 0.352 e. The topological polar surface area (TPSA) is 55.1 Å². The number of halogens is 3. The van der Waals surface area contributed by atoms with E-state index in [4.69, 9.17) is 5.73 Å². The molecule has 0 heterocycles. The minimum absolute atomic E-state index is 0. The second kappa shape index (κ2) is 9.06. The van der Waals surface area contributed by atoms with Gasteiger partial charge in [0.05, 0.1) is 6.42 Å². The minimum atomic E-state index is -0.688. The van der Waals surface area contributed by atoms with Crippen molar-refractivity contribution in [1.82, 2.24) is 5.32 Å². The van der Waals surface area contributed by atoms with Crippen LogP contribution in [0.25, 0.3) is 0 Å². The first-order valence-electron chi connectivity index (χ1n) is 7.53. The molecule has 0 bridgehead atoms. The maximum absolute atomic E-state index is 13.5. The van der Waals surface area contributed by atoms with Gasteiger partial charge in [0.2, 0.25) is 5.91 Å². The highest BCUT2D eigenvalue weighted by Crippen LogP contribution is 2.26. The van der Waals surface area contributed by atoms with Gasteiger partial charge in [0, 0.05) is 18.7 Å². The lowest BCUT2D eigenvalue weighted by Gasteiger charge is -2.30. The fourth-order valence-corrected chi connectivity index (χ4v) is 3.00. The van der Waals surface area contributed by atoms with Gasteiger partial charge in [-0.05, 0) is 30.4 Å². The molecule has 6 heteroatoms. The van der Waals surface area contributed by atoms with Crippen molar-refractivity contribution in [1.29, 1.82) is 0 Å². The molecule has 0 spiro atoms. The van der Waals surface area contributed by atoms with Crippen LogP contribution in [0.5, 0.6) is 0 Å². The Morgan fingerprint density at radius 1 is 1.27 bits per heavy atom. The Morgan fingerprint density at radius 2 is 1.95 bits per heavy atom. The van der Waals surface area contributed by atoms with Gasteiger partial charge >= 0.3 is 0 Å². The van der Waals surface area contributed by atoms with Crippen LogP contribution < -0.4 is 11.1 Å². The molecular weight excluding hydrogens is 310 g/mol. The first-order valence-corrected chi connectivity index (χ1v) is 7.53. The van der Waals surface area contributed by atoms with Crippen LogP contribution in [-0.2, 0) is 11.2 Å². The number of rotatable bonds is 5. The van der Waals surface area contributed by atoms with Crippen LogP contribution in [0.2, 0.25) is 0 Å². The molecule has 1 aromatic carbocycles. The normalized spacial score (nSPS) is 16.7. The summed E-state index contributed by atoms with van der Waals surface area (Å²) in [4.78, 5) is 12.0. The highest BCUT2D eigenvalue weighted by Gasteiger charge is 2.24. The Labute approximate surface area is 136 Å².